The van der Waals surface area contributed by atoms with Gasteiger partial charge < -0.3 is 20.0 Å². The van der Waals surface area contributed by atoms with Gasteiger partial charge in [-0.15, -0.1) is 0 Å². The minimum Gasteiger partial charge on any atom is -0.468 e. The van der Waals surface area contributed by atoms with Crippen LogP contribution in [0.1, 0.15) is 29.7 Å². The molecule has 0 saturated carbocycles. The quantitative estimate of drug-likeness (QED) is 0.532. The molecule has 5 nitrogen and oxygen atoms in total. The molecule has 2 heterocycles. The average Bonchev–Trinajstić information content (AvgIpc) is 3.32. The molecule has 1 saturated heterocycles. The van der Waals surface area contributed by atoms with Crippen molar-refractivity contribution in [3.63, 3.8) is 0 Å². The molecule has 0 atom stereocenters. The summed E-state index contributed by atoms with van der Waals surface area (Å²) in [7, 11) is 0. The molecule has 3 aromatic rings. The van der Waals surface area contributed by atoms with E-state index < -0.39 is 0 Å². The zero-order chi connectivity index (χ0) is 22.2. The number of nitrogens with one attached hydrogen (secondary N) is 2. The van der Waals surface area contributed by atoms with E-state index in [1.54, 1.807) is 12.3 Å². The van der Waals surface area contributed by atoms with Crippen molar-refractivity contribution < 1.29 is 13.6 Å². The maximum Gasteiger partial charge on any atom is 0.224 e. The number of furan rings is 1. The summed E-state index contributed by atoms with van der Waals surface area (Å²) in [6, 6.07) is 19.2. The number of benzene rings is 2. The van der Waals surface area contributed by atoms with E-state index >= 15 is 0 Å². The zero-order valence-electron chi connectivity index (χ0n) is 18.2. The summed E-state index contributed by atoms with van der Waals surface area (Å²) in [5, 5.41) is 6.49. The number of carbonyl (C=O) groups is 1. The fraction of sp³-hybridized carbons (Fsp3) is 0.346. The highest BCUT2D eigenvalue weighted by molar-refractivity contribution is 5.78. The molecular formula is C26H30FN3O2. The Balaban J connectivity index is 1.17. The van der Waals surface area contributed by atoms with Crippen LogP contribution in [0.5, 0.6) is 0 Å². The van der Waals surface area contributed by atoms with Crippen molar-refractivity contribution in [1.29, 1.82) is 0 Å². The zero-order valence-corrected chi connectivity index (χ0v) is 18.2. The van der Waals surface area contributed by atoms with Crippen molar-refractivity contribution in [3.8, 4) is 0 Å². The first-order chi connectivity index (χ1) is 15.7. The SMILES string of the molecule is O=C(Cc1ccc(N2CCC(NCc3ccco3)CC2)cc1)NCCc1cccc(F)c1. The van der Waals surface area contributed by atoms with Gasteiger partial charge in [-0.25, -0.2) is 4.39 Å². The minimum absolute atomic E-state index is 0.0161. The second-order valence-corrected chi connectivity index (χ2v) is 8.29. The summed E-state index contributed by atoms with van der Waals surface area (Å²) in [6.45, 7) is 3.30. The predicted octanol–water partition coefficient (Wildman–Crippen LogP) is 4.08. The first kappa shape index (κ1) is 22.1. The van der Waals surface area contributed by atoms with Gasteiger partial charge >= 0.3 is 0 Å². The number of hydrogen-bond acceptors (Lipinski definition) is 4. The second kappa shape index (κ2) is 11.0. The van der Waals surface area contributed by atoms with Gasteiger partial charge in [0, 0.05) is 31.4 Å². The highest BCUT2D eigenvalue weighted by Gasteiger charge is 2.19. The van der Waals surface area contributed by atoms with E-state index in [-0.39, 0.29) is 11.7 Å². The molecule has 0 spiro atoms. The third-order valence-corrected chi connectivity index (χ3v) is 5.93. The number of anilines is 1. The van der Waals surface area contributed by atoms with Crippen molar-refractivity contribution in [1.82, 2.24) is 10.6 Å². The summed E-state index contributed by atoms with van der Waals surface area (Å²) in [5.41, 5.74) is 3.08. The van der Waals surface area contributed by atoms with E-state index in [2.05, 4.69) is 27.7 Å². The average molecular weight is 436 g/mol. The van der Waals surface area contributed by atoms with Crippen LogP contribution in [-0.4, -0.2) is 31.6 Å². The lowest BCUT2D eigenvalue weighted by Crippen LogP contribution is -2.42. The smallest absolute Gasteiger partial charge is 0.224 e. The fourth-order valence-electron chi connectivity index (χ4n) is 4.11. The van der Waals surface area contributed by atoms with E-state index in [4.69, 9.17) is 4.42 Å². The van der Waals surface area contributed by atoms with Crippen LogP contribution in [0.2, 0.25) is 0 Å². The van der Waals surface area contributed by atoms with Gasteiger partial charge in [0.2, 0.25) is 5.91 Å². The van der Waals surface area contributed by atoms with Gasteiger partial charge in [0.15, 0.2) is 0 Å². The first-order valence-electron chi connectivity index (χ1n) is 11.3. The van der Waals surface area contributed by atoms with Crippen LogP contribution in [0.15, 0.2) is 71.3 Å². The van der Waals surface area contributed by atoms with Crippen LogP contribution in [-0.2, 0) is 24.2 Å². The molecule has 1 aromatic heterocycles. The molecular weight excluding hydrogens is 405 g/mol. The van der Waals surface area contributed by atoms with Crippen molar-refractivity contribution in [2.45, 2.75) is 38.3 Å². The number of amides is 1. The molecule has 32 heavy (non-hydrogen) atoms. The van der Waals surface area contributed by atoms with Crippen molar-refractivity contribution in [2.24, 2.45) is 0 Å². The molecule has 2 N–H and O–H groups in total. The topological polar surface area (TPSA) is 57.5 Å². The lowest BCUT2D eigenvalue weighted by atomic mass is 10.0. The lowest BCUT2D eigenvalue weighted by Gasteiger charge is -2.34. The maximum atomic E-state index is 13.2. The number of nitrogens with zero attached hydrogens (tertiary/aromatic N) is 1. The van der Waals surface area contributed by atoms with Crippen LogP contribution in [0.4, 0.5) is 10.1 Å². The second-order valence-electron chi connectivity index (χ2n) is 8.29. The molecule has 1 fully saturated rings. The van der Waals surface area contributed by atoms with Gasteiger partial charge in [-0.2, -0.15) is 0 Å². The third-order valence-electron chi connectivity index (χ3n) is 5.93. The van der Waals surface area contributed by atoms with Crippen LogP contribution in [0.25, 0.3) is 0 Å². The standard InChI is InChI=1S/C26H30FN3O2/c27-22-4-1-3-20(17-22)10-13-28-26(31)18-21-6-8-24(9-7-21)30-14-11-23(12-15-30)29-19-25-5-2-16-32-25/h1-9,16-17,23,29H,10-15,18-19H2,(H,28,31). The Labute approximate surface area is 188 Å². The first-order valence-corrected chi connectivity index (χ1v) is 11.3. The molecule has 168 valence electrons. The highest BCUT2D eigenvalue weighted by Crippen LogP contribution is 2.21. The van der Waals surface area contributed by atoms with Crippen LogP contribution in [0.3, 0.4) is 0 Å². The summed E-state index contributed by atoms with van der Waals surface area (Å²) in [5.74, 6) is 0.710. The van der Waals surface area contributed by atoms with E-state index in [1.807, 2.05) is 30.3 Å². The Morgan fingerprint density at radius 1 is 1.03 bits per heavy atom. The highest BCUT2D eigenvalue weighted by atomic mass is 19.1. The molecule has 6 heteroatoms. The number of carbonyl (C=O) groups excluding carboxylic acids is 1. The molecule has 1 aliphatic rings. The number of rotatable bonds is 9. The van der Waals surface area contributed by atoms with E-state index in [9.17, 15) is 9.18 Å². The summed E-state index contributed by atoms with van der Waals surface area (Å²) in [6.07, 6.45) is 4.86. The predicted molar refractivity (Wildman–Crippen MR) is 124 cm³/mol. The van der Waals surface area contributed by atoms with Crippen LogP contribution in [0, 0.1) is 5.82 Å². The van der Waals surface area contributed by atoms with Gasteiger partial charge in [-0.1, -0.05) is 24.3 Å². The molecule has 1 aliphatic heterocycles. The Morgan fingerprint density at radius 3 is 2.56 bits per heavy atom. The number of piperidine rings is 1. The molecule has 0 bridgehead atoms. The maximum absolute atomic E-state index is 13.2. The monoisotopic (exact) mass is 435 g/mol. The molecule has 1 amide bonds. The Kier molecular flexibility index (Phi) is 7.56. The van der Waals surface area contributed by atoms with Crippen molar-refractivity contribution in [3.05, 3.63) is 89.6 Å². The minimum atomic E-state index is -0.247. The molecule has 4 rings (SSSR count). The van der Waals surface area contributed by atoms with Gasteiger partial charge in [-0.05, 0) is 66.8 Å². The van der Waals surface area contributed by atoms with E-state index in [0.717, 1.165) is 49.4 Å². The van der Waals surface area contributed by atoms with Crippen molar-refractivity contribution >= 4 is 11.6 Å². The molecule has 0 radical (unpaired) electrons. The van der Waals surface area contributed by atoms with Crippen LogP contribution < -0.4 is 15.5 Å². The third kappa shape index (κ3) is 6.44. The van der Waals surface area contributed by atoms with E-state index in [1.165, 1.54) is 17.8 Å². The van der Waals surface area contributed by atoms with Gasteiger partial charge in [-0.3, -0.25) is 4.79 Å². The molecule has 0 aliphatic carbocycles. The normalized spacial score (nSPS) is 14.5. The largest absolute Gasteiger partial charge is 0.468 e. The fourth-order valence-corrected chi connectivity index (χ4v) is 4.11. The molecule has 0 unspecified atom stereocenters. The van der Waals surface area contributed by atoms with Gasteiger partial charge in [0.1, 0.15) is 11.6 Å². The van der Waals surface area contributed by atoms with Gasteiger partial charge in [0.25, 0.3) is 0 Å². The summed E-state index contributed by atoms with van der Waals surface area (Å²) < 4.78 is 18.6. The number of hydrogen-bond donors (Lipinski definition) is 2. The summed E-state index contributed by atoms with van der Waals surface area (Å²) in [4.78, 5) is 14.6. The summed E-state index contributed by atoms with van der Waals surface area (Å²) >= 11 is 0. The lowest BCUT2D eigenvalue weighted by molar-refractivity contribution is -0.120. The Hall–Kier alpha value is -3.12. The Morgan fingerprint density at radius 2 is 1.84 bits per heavy atom. The van der Waals surface area contributed by atoms with Gasteiger partial charge in [0.05, 0.1) is 19.2 Å². The number of halogens is 1. The van der Waals surface area contributed by atoms with E-state index in [0.29, 0.717) is 25.4 Å². The van der Waals surface area contributed by atoms with Crippen LogP contribution >= 0.6 is 0 Å². The Bertz CT molecular complexity index is 981. The van der Waals surface area contributed by atoms with Crippen molar-refractivity contribution in [2.75, 3.05) is 24.5 Å². The molecule has 2 aromatic carbocycles.